The van der Waals surface area contributed by atoms with Crippen LogP contribution in [0.5, 0.6) is 11.5 Å². The van der Waals surface area contributed by atoms with Crippen LogP contribution >= 0.6 is 11.8 Å². The first-order chi connectivity index (χ1) is 12.9. The summed E-state index contributed by atoms with van der Waals surface area (Å²) in [6, 6.07) is 3.22. The number of carbonyl (C=O) groups excluding carboxylic acids is 1. The maximum atomic E-state index is 13.0. The van der Waals surface area contributed by atoms with Crippen LogP contribution in [0.1, 0.15) is 50.3 Å². The Balaban J connectivity index is 2.32. The van der Waals surface area contributed by atoms with Gasteiger partial charge in [-0.05, 0) is 48.8 Å². The van der Waals surface area contributed by atoms with Crippen LogP contribution in [0.2, 0.25) is 0 Å². The molecule has 0 spiro atoms. The van der Waals surface area contributed by atoms with Crippen LogP contribution < -0.4 is 9.47 Å². The summed E-state index contributed by atoms with van der Waals surface area (Å²) in [4.78, 5) is 26.3. The molecule has 1 aromatic carbocycles. The van der Waals surface area contributed by atoms with E-state index in [0.29, 0.717) is 24.5 Å². The zero-order chi connectivity index (χ0) is 20.0. The van der Waals surface area contributed by atoms with E-state index in [1.807, 2.05) is 19.1 Å². The average molecular weight is 396 g/mol. The molecule has 1 amide bonds. The van der Waals surface area contributed by atoms with Crippen molar-refractivity contribution < 1.29 is 24.2 Å². The van der Waals surface area contributed by atoms with Crippen molar-refractivity contribution in [2.45, 2.75) is 50.8 Å². The Morgan fingerprint density at radius 3 is 2.56 bits per heavy atom. The quantitative estimate of drug-likeness (QED) is 0.645. The molecule has 0 fully saturated rings. The summed E-state index contributed by atoms with van der Waals surface area (Å²) in [6.07, 6.45) is 2.71. The number of carbonyl (C=O) groups is 2. The van der Waals surface area contributed by atoms with Gasteiger partial charge in [0.15, 0.2) is 11.5 Å². The monoisotopic (exact) mass is 395 g/mol. The molecule has 0 saturated heterocycles. The predicted molar refractivity (Wildman–Crippen MR) is 107 cm³/mol. The molecule has 7 heteroatoms. The Morgan fingerprint density at radius 2 is 1.96 bits per heavy atom. The van der Waals surface area contributed by atoms with Crippen LogP contribution in [0.25, 0.3) is 0 Å². The second kappa shape index (κ2) is 9.88. The smallest absolute Gasteiger partial charge is 0.305 e. The van der Waals surface area contributed by atoms with Gasteiger partial charge in [0.2, 0.25) is 5.91 Å². The van der Waals surface area contributed by atoms with Gasteiger partial charge in [-0.1, -0.05) is 13.3 Å². The molecule has 150 valence electrons. The highest BCUT2D eigenvalue weighted by Crippen LogP contribution is 2.40. The van der Waals surface area contributed by atoms with Gasteiger partial charge in [0.05, 0.1) is 31.9 Å². The van der Waals surface area contributed by atoms with Crippen LogP contribution in [0.3, 0.4) is 0 Å². The van der Waals surface area contributed by atoms with Gasteiger partial charge >= 0.3 is 5.97 Å². The highest BCUT2D eigenvalue weighted by molar-refractivity contribution is 8.00. The fourth-order valence-corrected chi connectivity index (χ4v) is 4.47. The number of carboxylic acids is 1. The van der Waals surface area contributed by atoms with Crippen molar-refractivity contribution in [3.05, 3.63) is 23.3 Å². The van der Waals surface area contributed by atoms with E-state index in [1.165, 1.54) is 0 Å². The Morgan fingerprint density at radius 1 is 1.30 bits per heavy atom. The van der Waals surface area contributed by atoms with E-state index in [0.717, 1.165) is 29.7 Å². The lowest BCUT2D eigenvalue weighted by atomic mass is 9.89. The average Bonchev–Trinajstić information content (AvgIpc) is 2.66. The number of unbranched alkanes of at least 4 members (excludes halogenated alkanes) is 1. The zero-order valence-corrected chi connectivity index (χ0v) is 17.3. The number of hydrogen-bond donors (Lipinski definition) is 1. The Kier molecular flexibility index (Phi) is 7.83. The minimum atomic E-state index is -0.924. The van der Waals surface area contributed by atoms with Crippen LogP contribution in [0.4, 0.5) is 0 Å². The molecule has 0 aliphatic carbocycles. The molecular weight excluding hydrogens is 366 g/mol. The minimum absolute atomic E-state index is 0.00258. The molecule has 1 aliphatic rings. The van der Waals surface area contributed by atoms with Crippen molar-refractivity contribution in [3.8, 4) is 11.5 Å². The molecule has 2 rings (SSSR count). The molecule has 0 saturated carbocycles. The van der Waals surface area contributed by atoms with Crippen molar-refractivity contribution >= 4 is 23.6 Å². The number of carboxylic acid groups (broad SMARTS) is 1. The predicted octanol–water partition coefficient (Wildman–Crippen LogP) is 3.53. The van der Waals surface area contributed by atoms with E-state index in [2.05, 4.69) is 6.92 Å². The number of amides is 1. The summed E-state index contributed by atoms with van der Waals surface area (Å²) in [7, 11) is 3.13. The van der Waals surface area contributed by atoms with Crippen LogP contribution in [0.15, 0.2) is 12.1 Å². The number of ether oxygens (including phenoxy) is 2. The standard InChI is InChI=1S/C20H29NO5S/c1-5-6-9-27-13(2)20(24)21-8-7-14-10-17(25-3)18(26-4)11-15(14)16(21)12-19(22)23/h10-11,13,16H,5-9,12H2,1-4H3,(H,22,23). The highest BCUT2D eigenvalue weighted by Gasteiger charge is 2.35. The van der Waals surface area contributed by atoms with Gasteiger partial charge in [0, 0.05) is 6.54 Å². The topological polar surface area (TPSA) is 76.1 Å². The SMILES string of the molecule is CCCCSC(C)C(=O)N1CCc2cc(OC)c(OC)cc2C1CC(=O)O. The van der Waals surface area contributed by atoms with Gasteiger partial charge in [0.25, 0.3) is 0 Å². The van der Waals surface area contributed by atoms with E-state index >= 15 is 0 Å². The summed E-state index contributed by atoms with van der Waals surface area (Å²) in [5, 5.41) is 9.25. The number of nitrogens with zero attached hydrogens (tertiary/aromatic N) is 1. The molecule has 1 heterocycles. The zero-order valence-electron chi connectivity index (χ0n) is 16.5. The lowest BCUT2D eigenvalue weighted by Gasteiger charge is -2.38. The van der Waals surface area contributed by atoms with E-state index in [1.54, 1.807) is 30.9 Å². The van der Waals surface area contributed by atoms with Gasteiger partial charge in [-0.25, -0.2) is 0 Å². The van der Waals surface area contributed by atoms with E-state index in [-0.39, 0.29) is 17.6 Å². The van der Waals surface area contributed by atoms with E-state index in [4.69, 9.17) is 9.47 Å². The fraction of sp³-hybridized carbons (Fsp3) is 0.600. The van der Waals surface area contributed by atoms with Gasteiger partial charge < -0.3 is 19.5 Å². The molecule has 1 aliphatic heterocycles. The molecule has 6 nitrogen and oxygen atoms in total. The van der Waals surface area contributed by atoms with E-state index in [9.17, 15) is 14.7 Å². The molecule has 0 radical (unpaired) electrons. The van der Waals surface area contributed by atoms with Crippen molar-refractivity contribution in [2.75, 3.05) is 26.5 Å². The number of fused-ring (bicyclic) bond motifs is 1. The fourth-order valence-electron chi connectivity index (χ4n) is 3.39. The molecule has 27 heavy (non-hydrogen) atoms. The van der Waals surface area contributed by atoms with Gasteiger partial charge in [-0.15, -0.1) is 11.8 Å². The van der Waals surface area contributed by atoms with Crippen molar-refractivity contribution in [3.63, 3.8) is 0 Å². The summed E-state index contributed by atoms with van der Waals surface area (Å²) in [5.41, 5.74) is 1.84. The summed E-state index contributed by atoms with van der Waals surface area (Å²) in [5.74, 6) is 1.18. The first-order valence-corrected chi connectivity index (χ1v) is 10.4. The first kappa shape index (κ1) is 21.4. The molecule has 1 N–H and O–H groups in total. The van der Waals surface area contributed by atoms with Gasteiger partial charge in [-0.3, -0.25) is 9.59 Å². The second-order valence-corrected chi connectivity index (χ2v) is 8.12. The molecule has 1 aromatic rings. The number of methoxy groups -OCH3 is 2. The van der Waals surface area contributed by atoms with Gasteiger partial charge in [0.1, 0.15) is 0 Å². The number of benzene rings is 1. The third-order valence-electron chi connectivity index (χ3n) is 4.87. The lowest BCUT2D eigenvalue weighted by molar-refractivity contribution is -0.141. The van der Waals surface area contributed by atoms with Crippen LogP contribution in [0, 0.1) is 0 Å². The Hall–Kier alpha value is -1.89. The lowest BCUT2D eigenvalue weighted by Crippen LogP contribution is -2.44. The van der Waals surface area contributed by atoms with Crippen molar-refractivity contribution in [2.24, 2.45) is 0 Å². The Bertz CT molecular complexity index is 679. The summed E-state index contributed by atoms with van der Waals surface area (Å²) in [6.45, 7) is 4.54. The van der Waals surface area contributed by atoms with Crippen LogP contribution in [-0.2, 0) is 16.0 Å². The molecular formula is C20H29NO5S. The number of rotatable bonds is 9. The third kappa shape index (κ3) is 5.09. The molecule has 2 atom stereocenters. The van der Waals surface area contributed by atoms with E-state index < -0.39 is 12.0 Å². The third-order valence-corrected chi connectivity index (χ3v) is 6.09. The molecule has 2 unspecified atom stereocenters. The second-order valence-electron chi connectivity index (χ2n) is 6.67. The van der Waals surface area contributed by atoms with Crippen LogP contribution in [-0.4, -0.2) is 53.7 Å². The largest absolute Gasteiger partial charge is 0.493 e. The number of thioether (sulfide) groups is 1. The normalized spacial score (nSPS) is 17.2. The number of hydrogen-bond acceptors (Lipinski definition) is 5. The molecule has 0 aromatic heterocycles. The minimum Gasteiger partial charge on any atom is -0.493 e. The number of aliphatic carboxylic acids is 1. The van der Waals surface area contributed by atoms with Crippen molar-refractivity contribution in [1.82, 2.24) is 4.90 Å². The maximum Gasteiger partial charge on any atom is 0.305 e. The highest BCUT2D eigenvalue weighted by atomic mass is 32.2. The summed E-state index contributed by atoms with van der Waals surface area (Å²) >= 11 is 1.64. The molecule has 0 bridgehead atoms. The van der Waals surface area contributed by atoms with Gasteiger partial charge in [-0.2, -0.15) is 0 Å². The Labute approximate surface area is 165 Å². The maximum absolute atomic E-state index is 13.0. The summed E-state index contributed by atoms with van der Waals surface area (Å²) < 4.78 is 10.7. The van der Waals surface area contributed by atoms with Crippen molar-refractivity contribution in [1.29, 1.82) is 0 Å². The first-order valence-electron chi connectivity index (χ1n) is 9.31.